The van der Waals surface area contributed by atoms with Gasteiger partial charge in [-0.1, -0.05) is 216 Å². The van der Waals surface area contributed by atoms with E-state index in [1.807, 2.05) is 61.1 Å². The fraction of sp³-hybridized carbons (Fsp3) is 0.338. The van der Waals surface area contributed by atoms with Crippen molar-refractivity contribution in [3.63, 3.8) is 0 Å². The number of imidazole rings is 1. The third-order valence-corrected chi connectivity index (χ3v) is 14.7. The van der Waals surface area contributed by atoms with Crippen LogP contribution in [0.2, 0.25) is 5.15 Å². The Morgan fingerprint density at radius 2 is 1.02 bits per heavy atom. The third-order valence-electron chi connectivity index (χ3n) is 13.1. The number of hydrogen-bond acceptors (Lipinski definition) is 9. The van der Waals surface area contributed by atoms with Gasteiger partial charge in [-0.15, -0.1) is 0 Å². The van der Waals surface area contributed by atoms with Crippen molar-refractivity contribution in [1.29, 1.82) is 0 Å². The van der Waals surface area contributed by atoms with Gasteiger partial charge < -0.3 is 24.4 Å². The SMILES string of the molecule is CC(C)(C)c1ccc(-n2cnc3c(Cl)ncnc32)cc1.CC(C)(C)c1ccccc1-c1ccccc1.COc1ccc(-c2ccsc2)c(C(C)(C)C)c1O.COc1ccc(Br)c(C(C)(C)C)c1O.COc1ccc(C(C)(C)C)cc1. The topological polar surface area (TPSA) is 112 Å². The summed E-state index contributed by atoms with van der Waals surface area (Å²) < 4.78 is 18.2. The molecule has 0 spiro atoms. The molecule has 9 nitrogen and oxygen atoms in total. The quantitative estimate of drug-likeness (QED) is 0.158. The molecule has 424 valence electrons. The van der Waals surface area contributed by atoms with Crippen LogP contribution in [-0.2, 0) is 27.1 Å². The monoisotopic (exact) mass is 1180 g/mol. The summed E-state index contributed by atoms with van der Waals surface area (Å²) in [5.41, 5.74) is 13.3. The standard InChI is InChI=1S/C16H18.C15H15ClN4.C15H18O2S.C11H15BrO2.C11H16O/c1-16(2,3)15-12-8-7-11-14(15)13-9-5-4-6-10-13;1-15(2,3)10-4-6-11(7-5-10)20-9-19-12-13(16)17-8-18-14(12)20;1-15(2,3)13-11(10-7-8-18-9-10)5-6-12(17-4)14(13)16;1-11(2,3)9-7(12)5-6-8(14-4)10(9)13;1-11(2,3)9-5-7-10(12-4)8-6-9/h4-12H,1-3H3;4-9H,1-3H3;5-9,16H,1-4H3;5-6,13H,1-4H3;5-8H,1-4H3. The number of hydrogen-bond donors (Lipinski definition) is 2. The van der Waals surface area contributed by atoms with E-state index in [4.69, 9.17) is 25.8 Å². The van der Waals surface area contributed by atoms with Crippen molar-refractivity contribution in [3.8, 4) is 56.7 Å². The molecular weight excluding hydrogens is 1100 g/mol. The van der Waals surface area contributed by atoms with Crippen molar-refractivity contribution in [2.75, 3.05) is 21.3 Å². The Morgan fingerprint density at radius 3 is 1.52 bits per heavy atom. The highest BCUT2D eigenvalue weighted by atomic mass is 79.9. The van der Waals surface area contributed by atoms with Crippen molar-refractivity contribution in [2.45, 2.75) is 131 Å². The highest BCUT2D eigenvalue weighted by molar-refractivity contribution is 9.10. The number of halogens is 2. The lowest BCUT2D eigenvalue weighted by molar-refractivity contribution is 0.364. The molecule has 0 radical (unpaired) electrons. The van der Waals surface area contributed by atoms with Crippen LogP contribution in [0.25, 0.3) is 39.1 Å². The zero-order valence-electron chi connectivity index (χ0n) is 50.1. The van der Waals surface area contributed by atoms with Crippen LogP contribution in [0.15, 0.2) is 161 Å². The number of fused-ring (bicyclic) bond motifs is 1. The maximum atomic E-state index is 10.4. The summed E-state index contributed by atoms with van der Waals surface area (Å²) in [6, 6.07) is 45.4. The molecule has 0 aliphatic carbocycles. The first-order valence-electron chi connectivity index (χ1n) is 26.6. The van der Waals surface area contributed by atoms with Gasteiger partial charge in [0.1, 0.15) is 23.9 Å². The van der Waals surface area contributed by atoms with Crippen molar-refractivity contribution >= 4 is 50.0 Å². The van der Waals surface area contributed by atoms with Crippen LogP contribution >= 0.6 is 38.9 Å². The van der Waals surface area contributed by atoms with Gasteiger partial charge in [0.25, 0.3) is 0 Å². The van der Waals surface area contributed by atoms with Gasteiger partial charge in [0.05, 0.1) is 21.3 Å². The average Bonchev–Trinajstić information content (AvgIpc) is 4.14. The van der Waals surface area contributed by atoms with Gasteiger partial charge >= 0.3 is 0 Å². The van der Waals surface area contributed by atoms with E-state index in [1.54, 1.807) is 45.1 Å². The van der Waals surface area contributed by atoms with E-state index in [0.29, 0.717) is 27.8 Å². The zero-order chi connectivity index (χ0) is 59.4. The molecule has 2 N–H and O–H groups in total. The van der Waals surface area contributed by atoms with Gasteiger partial charge in [-0.3, -0.25) is 4.57 Å². The first-order valence-corrected chi connectivity index (χ1v) is 28.8. The Kier molecular flexibility index (Phi) is 21.8. The fourth-order valence-electron chi connectivity index (χ4n) is 8.79. The molecule has 80 heavy (non-hydrogen) atoms. The molecule has 0 saturated heterocycles. The molecule has 0 atom stereocenters. The predicted octanol–water partition coefficient (Wildman–Crippen LogP) is 19.3. The van der Waals surface area contributed by atoms with E-state index in [1.165, 1.54) is 34.1 Å². The van der Waals surface area contributed by atoms with Gasteiger partial charge in [-0.25, -0.2) is 15.0 Å². The molecule has 0 aliphatic heterocycles. The zero-order valence-corrected chi connectivity index (χ0v) is 53.2. The number of benzene rings is 6. The minimum Gasteiger partial charge on any atom is -0.504 e. The lowest BCUT2D eigenvalue weighted by Gasteiger charge is -2.25. The molecule has 3 heterocycles. The predicted molar refractivity (Wildman–Crippen MR) is 340 cm³/mol. The van der Waals surface area contributed by atoms with Crippen LogP contribution in [0.4, 0.5) is 0 Å². The molecule has 0 amide bonds. The van der Waals surface area contributed by atoms with Gasteiger partial charge in [-0.05, 0) is 125 Å². The van der Waals surface area contributed by atoms with Crippen molar-refractivity contribution in [3.05, 3.63) is 194 Å². The minimum absolute atomic E-state index is 0.114. The molecule has 3 aromatic heterocycles. The number of nitrogens with zero attached hydrogens (tertiary/aromatic N) is 4. The minimum atomic E-state index is -0.143. The lowest BCUT2D eigenvalue weighted by atomic mass is 9.81. The van der Waals surface area contributed by atoms with Crippen molar-refractivity contribution in [2.24, 2.45) is 0 Å². The van der Waals surface area contributed by atoms with E-state index in [0.717, 1.165) is 38.2 Å². The molecule has 0 saturated carbocycles. The van der Waals surface area contributed by atoms with Crippen LogP contribution in [0.5, 0.6) is 28.7 Å². The van der Waals surface area contributed by atoms with E-state index in [9.17, 15) is 10.2 Å². The molecule has 12 heteroatoms. The Hall–Kier alpha value is -6.66. The van der Waals surface area contributed by atoms with Crippen molar-refractivity contribution in [1.82, 2.24) is 19.5 Å². The van der Waals surface area contributed by atoms with Gasteiger partial charge in [0.2, 0.25) is 0 Å². The normalized spacial score (nSPS) is 11.6. The molecule has 6 aromatic carbocycles. The summed E-state index contributed by atoms with van der Waals surface area (Å²) in [5, 5.41) is 24.8. The number of phenols is 2. The molecule has 9 rings (SSSR count). The second-order valence-electron chi connectivity index (χ2n) is 24.4. The number of rotatable bonds is 6. The van der Waals surface area contributed by atoms with E-state index < -0.39 is 0 Å². The Morgan fingerprint density at radius 1 is 0.500 bits per heavy atom. The van der Waals surface area contributed by atoms with Gasteiger partial charge in [-0.2, -0.15) is 11.3 Å². The van der Waals surface area contributed by atoms with E-state index >= 15 is 0 Å². The summed E-state index contributed by atoms with van der Waals surface area (Å²) in [6.07, 6.45) is 3.17. The van der Waals surface area contributed by atoms with Crippen LogP contribution in [0.1, 0.15) is 132 Å². The third kappa shape index (κ3) is 16.9. The summed E-state index contributed by atoms with van der Waals surface area (Å²) >= 11 is 11.1. The molecule has 0 bridgehead atoms. The second kappa shape index (κ2) is 27.2. The lowest BCUT2D eigenvalue weighted by Crippen LogP contribution is -2.13. The maximum Gasteiger partial charge on any atom is 0.169 e. The Bertz CT molecular complexity index is 3380. The largest absolute Gasteiger partial charge is 0.504 e. The number of thiophene rings is 1. The number of methoxy groups -OCH3 is 3. The summed E-state index contributed by atoms with van der Waals surface area (Å²) in [7, 11) is 4.81. The fourth-order valence-corrected chi connectivity index (χ4v) is 10.5. The number of aromatic nitrogens is 4. The molecular formula is C68H82BrClN4O5S. The van der Waals surface area contributed by atoms with Crippen LogP contribution in [0.3, 0.4) is 0 Å². The van der Waals surface area contributed by atoms with Gasteiger partial charge in [0.15, 0.2) is 33.8 Å². The summed E-state index contributed by atoms with van der Waals surface area (Å²) in [5.74, 6) is 2.42. The second-order valence-corrected chi connectivity index (χ2v) is 26.4. The van der Waals surface area contributed by atoms with Crippen LogP contribution < -0.4 is 14.2 Å². The Balaban J connectivity index is 0.000000186. The highest BCUT2D eigenvalue weighted by Gasteiger charge is 2.26. The first kappa shape index (κ1) is 64.2. The number of aromatic hydroxyl groups is 2. The van der Waals surface area contributed by atoms with E-state index in [-0.39, 0.29) is 38.6 Å². The first-order chi connectivity index (χ1) is 37.4. The number of phenolic OH excluding ortho intramolecular Hbond substituents is 2. The average molecular weight is 1180 g/mol. The van der Waals surface area contributed by atoms with Crippen molar-refractivity contribution < 1.29 is 24.4 Å². The smallest absolute Gasteiger partial charge is 0.169 e. The van der Waals surface area contributed by atoms with Crippen LogP contribution in [0, 0.1) is 0 Å². The molecule has 9 aromatic rings. The molecule has 0 unspecified atom stereocenters. The van der Waals surface area contributed by atoms with E-state index in [2.05, 4.69) is 216 Å². The highest BCUT2D eigenvalue weighted by Crippen LogP contribution is 2.45. The van der Waals surface area contributed by atoms with Crippen LogP contribution in [-0.4, -0.2) is 51.1 Å². The van der Waals surface area contributed by atoms with Gasteiger partial charge in [0, 0.05) is 21.3 Å². The Labute approximate surface area is 494 Å². The summed E-state index contributed by atoms with van der Waals surface area (Å²) in [4.78, 5) is 12.5. The molecule has 0 fully saturated rings. The number of ether oxygens (including phenoxy) is 3. The molecule has 0 aliphatic rings. The summed E-state index contributed by atoms with van der Waals surface area (Å²) in [6.45, 7) is 32.4. The maximum absolute atomic E-state index is 10.4.